The number of carbonyl (C=O) groups excluding carboxylic acids is 2. The molecule has 0 radical (unpaired) electrons. The summed E-state index contributed by atoms with van der Waals surface area (Å²) in [5.41, 5.74) is 7.17. The van der Waals surface area contributed by atoms with E-state index in [9.17, 15) is 31.5 Å². The van der Waals surface area contributed by atoms with Gasteiger partial charge in [0.05, 0.1) is 12.2 Å². The van der Waals surface area contributed by atoms with E-state index >= 15 is 0 Å². The number of aromatic nitrogens is 3. The zero-order valence-electron chi connectivity index (χ0n) is 23.3. The van der Waals surface area contributed by atoms with Crippen molar-refractivity contribution in [2.45, 2.75) is 63.6 Å². The summed E-state index contributed by atoms with van der Waals surface area (Å²) in [6.07, 6.45) is -1.80. The van der Waals surface area contributed by atoms with Crippen LogP contribution in [0.1, 0.15) is 76.6 Å². The topological polar surface area (TPSA) is 90.9 Å². The quantitative estimate of drug-likeness (QED) is 0.216. The van der Waals surface area contributed by atoms with E-state index < -0.39 is 47.7 Å². The third-order valence-corrected chi connectivity index (χ3v) is 7.78. The van der Waals surface area contributed by atoms with Crippen molar-refractivity contribution in [3.8, 4) is 11.1 Å². The van der Waals surface area contributed by atoms with E-state index in [2.05, 4.69) is 10.1 Å². The largest absolute Gasteiger partial charge is 0.435 e. The van der Waals surface area contributed by atoms with Crippen molar-refractivity contribution in [1.29, 1.82) is 0 Å². The van der Waals surface area contributed by atoms with Crippen molar-refractivity contribution < 1.29 is 31.5 Å². The minimum Gasteiger partial charge on any atom is -0.366 e. The first-order valence-corrected chi connectivity index (χ1v) is 13.9. The molecule has 0 bridgehead atoms. The first-order valence-electron chi connectivity index (χ1n) is 13.9. The van der Waals surface area contributed by atoms with Gasteiger partial charge in [-0.3, -0.25) is 19.3 Å². The van der Waals surface area contributed by atoms with Gasteiger partial charge in [-0.2, -0.15) is 18.3 Å². The Kier molecular flexibility index (Phi) is 8.43. The molecular weight excluding hydrogens is 567 g/mol. The molecule has 0 spiro atoms. The van der Waals surface area contributed by atoms with Crippen LogP contribution in [0.25, 0.3) is 11.1 Å². The van der Waals surface area contributed by atoms with Gasteiger partial charge in [0.2, 0.25) is 5.91 Å². The van der Waals surface area contributed by atoms with E-state index in [1.54, 1.807) is 36.4 Å². The van der Waals surface area contributed by atoms with E-state index in [1.165, 1.54) is 10.9 Å². The average Bonchev–Trinajstić information content (AvgIpc) is 3.32. The number of hydrogen-bond acceptors (Lipinski definition) is 4. The van der Waals surface area contributed by atoms with E-state index in [1.807, 2.05) is 6.92 Å². The van der Waals surface area contributed by atoms with Gasteiger partial charge in [-0.25, -0.2) is 8.78 Å². The molecule has 0 fully saturated rings. The number of primary amides is 1. The molecule has 2 atom stereocenters. The number of pyridine rings is 1. The molecule has 1 unspecified atom stereocenters. The van der Waals surface area contributed by atoms with Crippen molar-refractivity contribution in [2.24, 2.45) is 5.73 Å². The first kappa shape index (κ1) is 30.1. The van der Waals surface area contributed by atoms with Crippen LogP contribution in [-0.2, 0) is 30.4 Å². The van der Waals surface area contributed by atoms with Crippen molar-refractivity contribution in [3.05, 3.63) is 106 Å². The summed E-state index contributed by atoms with van der Waals surface area (Å²) in [6, 6.07) is 13.0. The van der Waals surface area contributed by atoms with Crippen molar-refractivity contribution >= 4 is 11.7 Å². The number of amides is 1. The predicted octanol–water partition coefficient (Wildman–Crippen LogP) is 6.77. The highest BCUT2D eigenvalue weighted by molar-refractivity contribution is 5.94. The molecule has 2 heterocycles. The van der Waals surface area contributed by atoms with Crippen LogP contribution in [0.2, 0.25) is 0 Å². The van der Waals surface area contributed by atoms with Gasteiger partial charge < -0.3 is 5.73 Å². The molecule has 2 aromatic carbocycles. The number of rotatable bonds is 9. The fourth-order valence-corrected chi connectivity index (χ4v) is 5.99. The second-order valence-corrected chi connectivity index (χ2v) is 11.0. The molecular formula is C32H29F5N4O2. The Balaban J connectivity index is 1.53. The molecule has 0 aliphatic heterocycles. The van der Waals surface area contributed by atoms with Gasteiger partial charge in [0, 0.05) is 47.0 Å². The molecule has 43 heavy (non-hydrogen) atoms. The third-order valence-electron chi connectivity index (χ3n) is 7.78. The number of Topliss-reactive ketones (excluding diaryl/α,β-unsaturated/α-hetero) is 1. The summed E-state index contributed by atoms with van der Waals surface area (Å²) < 4.78 is 70.9. The van der Waals surface area contributed by atoms with E-state index in [0.29, 0.717) is 35.4 Å². The zero-order valence-corrected chi connectivity index (χ0v) is 23.3. The van der Waals surface area contributed by atoms with Gasteiger partial charge in [0.1, 0.15) is 11.6 Å². The van der Waals surface area contributed by atoms with Gasteiger partial charge >= 0.3 is 6.18 Å². The van der Waals surface area contributed by atoms with Gasteiger partial charge in [-0.15, -0.1) is 0 Å². The molecule has 1 amide bonds. The molecule has 11 heteroatoms. The summed E-state index contributed by atoms with van der Waals surface area (Å²) in [5.74, 6) is -3.54. The number of benzene rings is 2. The molecule has 1 aliphatic carbocycles. The van der Waals surface area contributed by atoms with Crippen molar-refractivity contribution in [1.82, 2.24) is 14.8 Å². The maximum Gasteiger partial charge on any atom is 0.435 e. The Morgan fingerprint density at radius 1 is 1.07 bits per heavy atom. The number of halogens is 5. The highest BCUT2D eigenvalue weighted by atomic mass is 19.4. The number of carbonyl (C=O) groups is 2. The molecule has 2 N–H and O–H groups in total. The van der Waals surface area contributed by atoms with Crippen LogP contribution >= 0.6 is 0 Å². The van der Waals surface area contributed by atoms with E-state index in [0.717, 1.165) is 18.2 Å². The maximum absolute atomic E-state index is 14.1. The highest BCUT2D eigenvalue weighted by Crippen LogP contribution is 2.40. The zero-order chi connectivity index (χ0) is 30.9. The number of hydrogen-bond donors (Lipinski definition) is 1. The molecule has 1 aliphatic rings. The van der Waals surface area contributed by atoms with Crippen LogP contribution in [0.15, 0.2) is 60.8 Å². The highest BCUT2D eigenvalue weighted by Gasteiger charge is 2.41. The Bertz CT molecular complexity index is 1660. The fourth-order valence-electron chi connectivity index (χ4n) is 5.99. The SMILES string of the molecule is CC1CCCc2c(C(F)(F)F)nn(CC(=O)C[C@@H](Cc3cc(F)cc(F)c3)c3ncccc3-c3cccc(C(N)=O)c3)c21. The maximum atomic E-state index is 14.1. The minimum atomic E-state index is -4.65. The van der Waals surface area contributed by atoms with Crippen LogP contribution in [0.4, 0.5) is 22.0 Å². The monoisotopic (exact) mass is 596 g/mol. The van der Waals surface area contributed by atoms with E-state index in [4.69, 9.17) is 5.73 Å². The van der Waals surface area contributed by atoms with Crippen molar-refractivity contribution in [2.75, 3.05) is 0 Å². The van der Waals surface area contributed by atoms with Gasteiger partial charge in [0.15, 0.2) is 11.5 Å². The normalized spacial score (nSPS) is 15.6. The number of nitrogens with two attached hydrogens (primary N) is 1. The Hall–Kier alpha value is -4.41. The fraction of sp³-hybridized carbons (Fsp3) is 0.312. The molecule has 224 valence electrons. The molecule has 0 saturated heterocycles. The summed E-state index contributed by atoms with van der Waals surface area (Å²) in [5, 5.41) is 3.84. The Morgan fingerprint density at radius 2 is 1.81 bits per heavy atom. The predicted molar refractivity (Wildman–Crippen MR) is 149 cm³/mol. The van der Waals surface area contributed by atoms with Crippen molar-refractivity contribution in [3.63, 3.8) is 0 Å². The minimum absolute atomic E-state index is 0.0152. The van der Waals surface area contributed by atoms with Gasteiger partial charge in [-0.05, 0) is 73.1 Å². The number of fused-ring (bicyclic) bond motifs is 1. The lowest BCUT2D eigenvalue weighted by atomic mass is 9.86. The van der Waals surface area contributed by atoms with E-state index in [-0.39, 0.29) is 41.9 Å². The summed E-state index contributed by atoms with van der Waals surface area (Å²) in [6.45, 7) is 1.43. The second-order valence-electron chi connectivity index (χ2n) is 11.0. The van der Waals surface area contributed by atoms with Gasteiger partial charge in [-0.1, -0.05) is 25.1 Å². The van der Waals surface area contributed by atoms with Crippen LogP contribution in [0, 0.1) is 11.6 Å². The molecule has 4 aromatic rings. The number of ketones is 1. The number of nitrogens with zero attached hydrogens (tertiary/aromatic N) is 3. The van der Waals surface area contributed by atoms with Crippen LogP contribution < -0.4 is 5.73 Å². The first-order chi connectivity index (χ1) is 20.4. The molecule has 5 rings (SSSR count). The lowest BCUT2D eigenvalue weighted by Gasteiger charge is -2.22. The molecule has 6 nitrogen and oxygen atoms in total. The van der Waals surface area contributed by atoms with Crippen LogP contribution in [0.5, 0.6) is 0 Å². The smallest absolute Gasteiger partial charge is 0.366 e. The van der Waals surface area contributed by atoms with Gasteiger partial charge in [0.25, 0.3) is 0 Å². The lowest BCUT2D eigenvalue weighted by Crippen LogP contribution is -2.20. The van der Waals surface area contributed by atoms with Crippen LogP contribution in [-0.4, -0.2) is 26.5 Å². The molecule has 0 saturated carbocycles. The standard InChI is InChI=1S/C32H29F5N4O2/c1-18-5-2-8-27-29(18)41(40-30(27)32(35,36)37)17-25(42)15-22(11-19-12-23(33)16-24(34)13-19)28-26(9-4-10-39-28)20-6-3-7-21(14-20)31(38)43/h3-4,6-7,9-10,12-14,16,18,22H,2,5,8,11,15,17H2,1H3,(H2,38,43)/t18?,22-/m1/s1. The summed E-state index contributed by atoms with van der Waals surface area (Å²) in [7, 11) is 0. The third kappa shape index (κ3) is 6.65. The lowest BCUT2D eigenvalue weighted by molar-refractivity contribution is -0.142. The second kappa shape index (κ2) is 12.1. The van der Waals surface area contributed by atoms with Crippen LogP contribution in [0.3, 0.4) is 0 Å². The average molecular weight is 597 g/mol. The summed E-state index contributed by atoms with van der Waals surface area (Å²) in [4.78, 5) is 29.9. The summed E-state index contributed by atoms with van der Waals surface area (Å²) >= 11 is 0. The Morgan fingerprint density at radius 3 is 2.51 bits per heavy atom. The molecule has 2 aromatic heterocycles. The number of alkyl halides is 3. The Labute approximate surface area is 244 Å².